The molecule has 2 rings (SSSR count). The third-order valence-corrected chi connectivity index (χ3v) is 3.72. The molecule has 1 aliphatic carbocycles. The number of carbonyl (C=O) groups excluding carboxylic acids is 1. The highest BCUT2D eigenvalue weighted by atomic mass is 35.5. The van der Waals surface area contributed by atoms with Crippen LogP contribution in [0.15, 0.2) is 24.3 Å². The van der Waals surface area contributed by atoms with Gasteiger partial charge in [0, 0.05) is 12.1 Å². The number of likely N-dealkylation sites (N-methyl/N-ethyl adjacent to an activating group) is 1. The maximum atomic E-state index is 12.1. The summed E-state index contributed by atoms with van der Waals surface area (Å²) in [6, 6.07) is 7.56. The summed E-state index contributed by atoms with van der Waals surface area (Å²) in [4.78, 5) is 13.8. The smallest absolute Gasteiger partial charge is 0.242 e. The van der Waals surface area contributed by atoms with E-state index in [4.69, 9.17) is 17.3 Å². The summed E-state index contributed by atoms with van der Waals surface area (Å²) in [5.41, 5.74) is 6.38. The average Bonchev–Trinajstić information content (AvgIpc) is 3.07. The SMILES string of the molecule is CC(c1ccc(Cl)cc1)N(C)C(=O)C1(N)CC1. The molecule has 92 valence electrons. The highest BCUT2D eigenvalue weighted by Gasteiger charge is 2.48. The van der Waals surface area contributed by atoms with Gasteiger partial charge in [0.1, 0.15) is 0 Å². The van der Waals surface area contributed by atoms with Gasteiger partial charge in [-0.1, -0.05) is 23.7 Å². The molecule has 0 heterocycles. The molecule has 1 aromatic rings. The molecule has 4 heteroatoms. The summed E-state index contributed by atoms with van der Waals surface area (Å²) >= 11 is 5.84. The van der Waals surface area contributed by atoms with E-state index in [0.717, 1.165) is 18.4 Å². The van der Waals surface area contributed by atoms with Crippen molar-refractivity contribution in [2.75, 3.05) is 7.05 Å². The molecule has 0 aromatic heterocycles. The Morgan fingerprint density at radius 3 is 2.41 bits per heavy atom. The van der Waals surface area contributed by atoms with Crippen molar-refractivity contribution < 1.29 is 4.79 Å². The van der Waals surface area contributed by atoms with Crippen molar-refractivity contribution in [1.29, 1.82) is 0 Å². The van der Waals surface area contributed by atoms with Crippen LogP contribution in [0.4, 0.5) is 0 Å². The molecule has 0 bridgehead atoms. The Bertz CT molecular complexity index is 426. The lowest BCUT2D eigenvalue weighted by Gasteiger charge is -2.28. The Morgan fingerprint density at radius 2 is 1.94 bits per heavy atom. The molecule has 0 aliphatic heterocycles. The molecule has 0 saturated heterocycles. The molecule has 1 amide bonds. The van der Waals surface area contributed by atoms with E-state index >= 15 is 0 Å². The van der Waals surface area contributed by atoms with E-state index in [1.807, 2.05) is 31.2 Å². The van der Waals surface area contributed by atoms with Gasteiger partial charge in [-0.25, -0.2) is 0 Å². The van der Waals surface area contributed by atoms with Gasteiger partial charge in [-0.15, -0.1) is 0 Å². The Labute approximate surface area is 107 Å². The van der Waals surface area contributed by atoms with E-state index in [9.17, 15) is 4.79 Å². The summed E-state index contributed by atoms with van der Waals surface area (Å²) < 4.78 is 0. The van der Waals surface area contributed by atoms with Crippen molar-refractivity contribution >= 4 is 17.5 Å². The zero-order valence-electron chi connectivity index (χ0n) is 10.1. The highest BCUT2D eigenvalue weighted by molar-refractivity contribution is 6.30. The third-order valence-electron chi connectivity index (χ3n) is 3.47. The van der Waals surface area contributed by atoms with Crippen LogP contribution in [-0.2, 0) is 4.79 Å². The van der Waals surface area contributed by atoms with E-state index < -0.39 is 5.54 Å². The second-order valence-corrected chi connectivity index (χ2v) is 5.24. The standard InChI is InChI=1S/C13H17ClN2O/c1-9(10-3-5-11(14)6-4-10)16(2)12(17)13(15)7-8-13/h3-6,9H,7-8,15H2,1-2H3. The van der Waals surface area contributed by atoms with Gasteiger partial charge in [-0.2, -0.15) is 0 Å². The monoisotopic (exact) mass is 252 g/mol. The van der Waals surface area contributed by atoms with Crippen LogP contribution in [0.2, 0.25) is 5.02 Å². The van der Waals surface area contributed by atoms with Gasteiger partial charge in [-0.3, -0.25) is 4.79 Å². The van der Waals surface area contributed by atoms with Gasteiger partial charge < -0.3 is 10.6 Å². The minimum Gasteiger partial charge on any atom is -0.337 e. The number of benzene rings is 1. The number of nitrogens with zero attached hydrogens (tertiary/aromatic N) is 1. The molecule has 1 saturated carbocycles. The van der Waals surface area contributed by atoms with Crippen LogP contribution in [0, 0.1) is 0 Å². The number of hydrogen-bond donors (Lipinski definition) is 1. The number of rotatable bonds is 3. The molecule has 1 aromatic carbocycles. The Morgan fingerprint density at radius 1 is 1.41 bits per heavy atom. The number of carbonyl (C=O) groups is 1. The van der Waals surface area contributed by atoms with Gasteiger partial charge in [0.2, 0.25) is 5.91 Å². The van der Waals surface area contributed by atoms with Crippen LogP contribution in [0.1, 0.15) is 31.4 Å². The van der Waals surface area contributed by atoms with E-state index in [-0.39, 0.29) is 11.9 Å². The second-order valence-electron chi connectivity index (χ2n) is 4.80. The molecular weight excluding hydrogens is 236 g/mol. The van der Waals surface area contributed by atoms with E-state index in [2.05, 4.69) is 0 Å². The van der Waals surface area contributed by atoms with Crippen LogP contribution in [0.3, 0.4) is 0 Å². The van der Waals surface area contributed by atoms with Crippen molar-refractivity contribution in [3.8, 4) is 0 Å². The molecule has 1 unspecified atom stereocenters. The molecule has 17 heavy (non-hydrogen) atoms. The van der Waals surface area contributed by atoms with Crippen LogP contribution >= 0.6 is 11.6 Å². The first-order chi connectivity index (χ1) is 7.94. The number of amides is 1. The Balaban J connectivity index is 2.11. The predicted octanol–water partition coefficient (Wildman–Crippen LogP) is 2.35. The quantitative estimate of drug-likeness (QED) is 0.898. The summed E-state index contributed by atoms with van der Waals surface area (Å²) in [5.74, 6) is 0.0277. The predicted molar refractivity (Wildman–Crippen MR) is 68.8 cm³/mol. The second kappa shape index (κ2) is 4.31. The van der Waals surface area contributed by atoms with Gasteiger partial charge in [0.25, 0.3) is 0 Å². The van der Waals surface area contributed by atoms with Crippen LogP contribution in [-0.4, -0.2) is 23.4 Å². The first kappa shape index (κ1) is 12.4. The van der Waals surface area contributed by atoms with Crippen LogP contribution < -0.4 is 5.73 Å². The zero-order chi connectivity index (χ0) is 12.6. The summed E-state index contributed by atoms with van der Waals surface area (Å²) in [6.07, 6.45) is 1.59. The number of halogens is 1. The van der Waals surface area contributed by atoms with Gasteiger partial charge in [-0.05, 0) is 37.5 Å². The topological polar surface area (TPSA) is 46.3 Å². The Hall–Kier alpha value is -1.06. The summed E-state index contributed by atoms with van der Waals surface area (Å²) in [5, 5.41) is 0.701. The fourth-order valence-corrected chi connectivity index (χ4v) is 1.97. The minimum absolute atomic E-state index is 0.0146. The van der Waals surface area contributed by atoms with Crippen molar-refractivity contribution in [1.82, 2.24) is 4.90 Å². The molecule has 2 N–H and O–H groups in total. The summed E-state index contributed by atoms with van der Waals surface area (Å²) in [6.45, 7) is 1.99. The molecule has 1 fully saturated rings. The van der Waals surface area contributed by atoms with Gasteiger partial charge in [0.05, 0.1) is 11.6 Å². The van der Waals surface area contributed by atoms with Crippen molar-refractivity contribution in [2.24, 2.45) is 5.73 Å². The molecule has 3 nitrogen and oxygen atoms in total. The lowest BCUT2D eigenvalue weighted by molar-refractivity contribution is -0.134. The number of nitrogens with two attached hydrogens (primary N) is 1. The van der Waals surface area contributed by atoms with Crippen molar-refractivity contribution in [3.63, 3.8) is 0 Å². The maximum Gasteiger partial charge on any atom is 0.242 e. The lowest BCUT2D eigenvalue weighted by Crippen LogP contribution is -2.44. The molecule has 1 aliphatic rings. The highest BCUT2D eigenvalue weighted by Crippen LogP contribution is 2.35. The first-order valence-electron chi connectivity index (χ1n) is 5.76. The lowest BCUT2D eigenvalue weighted by atomic mass is 10.1. The molecule has 1 atom stereocenters. The van der Waals surface area contributed by atoms with Crippen LogP contribution in [0.5, 0.6) is 0 Å². The molecular formula is C13H17ClN2O. The molecule has 0 radical (unpaired) electrons. The van der Waals surface area contributed by atoms with E-state index in [0.29, 0.717) is 5.02 Å². The normalized spacial score (nSPS) is 18.6. The fraction of sp³-hybridized carbons (Fsp3) is 0.462. The first-order valence-corrected chi connectivity index (χ1v) is 6.13. The maximum absolute atomic E-state index is 12.1. The van der Waals surface area contributed by atoms with E-state index in [1.165, 1.54) is 0 Å². The average molecular weight is 253 g/mol. The van der Waals surface area contributed by atoms with Crippen molar-refractivity contribution in [3.05, 3.63) is 34.9 Å². The summed E-state index contributed by atoms with van der Waals surface area (Å²) in [7, 11) is 1.80. The largest absolute Gasteiger partial charge is 0.337 e. The Kier molecular flexibility index (Phi) is 3.15. The number of hydrogen-bond acceptors (Lipinski definition) is 2. The van der Waals surface area contributed by atoms with Gasteiger partial charge in [0.15, 0.2) is 0 Å². The van der Waals surface area contributed by atoms with Crippen LogP contribution in [0.25, 0.3) is 0 Å². The third kappa shape index (κ3) is 2.45. The fourth-order valence-electron chi connectivity index (χ4n) is 1.84. The minimum atomic E-state index is -0.602. The molecule has 0 spiro atoms. The van der Waals surface area contributed by atoms with Gasteiger partial charge >= 0.3 is 0 Å². The van der Waals surface area contributed by atoms with Crippen molar-refractivity contribution in [2.45, 2.75) is 31.3 Å². The zero-order valence-corrected chi connectivity index (χ0v) is 10.9. The van der Waals surface area contributed by atoms with E-state index in [1.54, 1.807) is 11.9 Å².